The van der Waals surface area contributed by atoms with Gasteiger partial charge >= 0.3 is 0 Å². The van der Waals surface area contributed by atoms with Crippen LogP contribution in [0, 0.1) is 5.82 Å². The molecule has 0 bridgehead atoms. The first-order valence-corrected chi connectivity index (χ1v) is 7.33. The molecule has 116 valence electrons. The molecule has 0 fully saturated rings. The fourth-order valence-corrected chi connectivity index (χ4v) is 1.87. The van der Waals surface area contributed by atoms with E-state index in [-0.39, 0.29) is 11.7 Å². The third kappa shape index (κ3) is 4.80. The van der Waals surface area contributed by atoms with E-state index in [1.165, 1.54) is 37.1 Å². The molecule has 0 aliphatic rings. The molecule has 1 aromatic heterocycles. The molecule has 0 unspecified atom stereocenters. The minimum atomic E-state index is -0.380. The standard InChI is InChI=1S/C16H19FN4O/c1-2-3-4-11-18-14-9-10-15(21-20-14)19-16(22)12-5-7-13(17)8-6-12/h5-10H,2-4,11H2,1H3,(H,18,20)(H,19,21,22). The Balaban J connectivity index is 1.88. The van der Waals surface area contributed by atoms with Crippen LogP contribution in [0.1, 0.15) is 36.5 Å². The molecule has 1 aromatic carbocycles. The highest BCUT2D eigenvalue weighted by Crippen LogP contribution is 2.09. The predicted molar refractivity (Wildman–Crippen MR) is 84.4 cm³/mol. The number of anilines is 2. The number of amides is 1. The summed E-state index contributed by atoms with van der Waals surface area (Å²) >= 11 is 0. The van der Waals surface area contributed by atoms with Gasteiger partial charge in [-0.1, -0.05) is 19.8 Å². The normalized spacial score (nSPS) is 10.3. The average molecular weight is 302 g/mol. The third-order valence-electron chi connectivity index (χ3n) is 3.10. The molecule has 0 atom stereocenters. The number of carbonyl (C=O) groups is 1. The van der Waals surface area contributed by atoms with Crippen molar-refractivity contribution in [2.24, 2.45) is 0 Å². The van der Waals surface area contributed by atoms with E-state index in [1.807, 2.05) is 0 Å². The number of unbranched alkanes of at least 4 members (excludes halogenated alkanes) is 2. The Bertz CT molecular complexity index is 599. The van der Waals surface area contributed by atoms with E-state index in [0.717, 1.165) is 13.0 Å². The SMILES string of the molecule is CCCCCNc1ccc(NC(=O)c2ccc(F)cc2)nn1. The van der Waals surface area contributed by atoms with Crippen LogP contribution in [0.15, 0.2) is 36.4 Å². The zero-order chi connectivity index (χ0) is 15.8. The van der Waals surface area contributed by atoms with Crippen molar-refractivity contribution in [2.75, 3.05) is 17.2 Å². The van der Waals surface area contributed by atoms with Gasteiger partial charge in [-0.15, -0.1) is 10.2 Å². The molecule has 1 amide bonds. The van der Waals surface area contributed by atoms with Crippen LogP contribution < -0.4 is 10.6 Å². The Labute approximate surface area is 129 Å². The van der Waals surface area contributed by atoms with Crippen LogP contribution in [0.25, 0.3) is 0 Å². The molecule has 0 aliphatic carbocycles. The van der Waals surface area contributed by atoms with Gasteiger partial charge in [-0.05, 0) is 42.8 Å². The fourth-order valence-electron chi connectivity index (χ4n) is 1.87. The van der Waals surface area contributed by atoms with Crippen LogP contribution >= 0.6 is 0 Å². The first-order chi connectivity index (χ1) is 10.7. The van der Waals surface area contributed by atoms with E-state index in [9.17, 15) is 9.18 Å². The molecule has 0 radical (unpaired) electrons. The van der Waals surface area contributed by atoms with Gasteiger partial charge in [0.05, 0.1) is 0 Å². The lowest BCUT2D eigenvalue weighted by atomic mass is 10.2. The molecular formula is C16H19FN4O. The van der Waals surface area contributed by atoms with E-state index in [2.05, 4.69) is 27.8 Å². The number of carbonyl (C=O) groups excluding carboxylic acids is 1. The number of nitrogens with zero attached hydrogens (tertiary/aromatic N) is 2. The summed E-state index contributed by atoms with van der Waals surface area (Å²) in [5, 5.41) is 13.7. The maximum atomic E-state index is 12.8. The van der Waals surface area contributed by atoms with Gasteiger partial charge in [-0.3, -0.25) is 4.79 Å². The van der Waals surface area contributed by atoms with E-state index < -0.39 is 0 Å². The van der Waals surface area contributed by atoms with Crippen molar-refractivity contribution in [3.05, 3.63) is 47.8 Å². The molecule has 0 saturated heterocycles. The van der Waals surface area contributed by atoms with Crippen LogP contribution in [-0.2, 0) is 0 Å². The van der Waals surface area contributed by atoms with Gasteiger partial charge in [-0.25, -0.2) is 4.39 Å². The zero-order valence-electron chi connectivity index (χ0n) is 12.5. The lowest BCUT2D eigenvalue weighted by molar-refractivity contribution is 0.102. The summed E-state index contributed by atoms with van der Waals surface area (Å²) in [5.41, 5.74) is 0.366. The average Bonchev–Trinajstić information content (AvgIpc) is 2.54. The molecule has 22 heavy (non-hydrogen) atoms. The summed E-state index contributed by atoms with van der Waals surface area (Å²) in [6.07, 6.45) is 3.43. The van der Waals surface area contributed by atoms with Crippen molar-refractivity contribution < 1.29 is 9.18 Å². The molecule has 0 aliphatic heterocycles. The summed E-state index contributed by atoms with van der Waals surface area (Å²) in [6, 6.07) is 8.76. The zero-order valence-corrected chi connectivity index (χ0v) is 12.5. The van der Waals surface area contributed by atoms with Gasteiger partial charge < -0.3 is 10.6 Å². The Morgan fingerprint density at radius 3 is 2.36 bits per heavy atom. The molecule has 0 spiro atoms. The first kappa shape index (κ1) is 15.9. The van der Waals surface area contributed by atoms with E-state index in [1.54, 1.807) is 12.1 Å². The van der Waals surface area contributed by atoms with Gasteiger partial charge in [0, 0.05) is 12.1 Å². The second-order valence-electron chi connectivity index (χ2n) is 4.90. The van der Waals surface area contributed by atoms with Gasteiger partial charge in [0.15, 0.2) is 5.82 Å². The molecule has 0 saturated carbocycles. The van der Waals surface area contributed by atoms with Crippen molar-refractivity contribution in [3.63, 3.8) is 0 Å². The summed E-state index contributed by atoms with van der Waals surface area (Å²) in [6.45, 7) is 3.00. The van der Waals surface area contributed by atoms with Crippen LogP contribution in [0.3, 0.4) is 0 Å². The Morgan fingerprint density at radius 2 is 1.73 bits per heavy atom. The van der Waals surface area contributed by atoms with Crippen LogP contribution in [0.4, 0.5) is 16.0 Å². The third-order valence-corrected chi connectivity index (χ3v) is 3.10. The molecule has 2 aromatic rings. The minimum Gasteiger partial charge on any atom is -0.369 e. The number of aromatic nitrogens is 2. The minimum absolute atomic E-state index is 0.349. The monoisotopic (exact) mass is 302 g/mol. The predicted octanol–water partition coefficient (Wildman–Crippen LogP) is 3.47. The highest BCUT2D eigenvalue weighted by Gasteiger charge is 2.07. The van der Waals surface area contributed by atoms with Crippen LogP contribution in [-0.4, -0.2) is 22.6 Å². The van der Waals surface area contributed by atoms with Crippen molar-refractivity contribution in [1.82, 2.24) is 10.2 Å². The number of hydrogen-bond donors (Lipinski definition) is 2. The van der Waals surface area contributed by atoms with Crippen molar-refractivity contribution >= 4 is 17.5 Å². The quantitative estimate of drug-likeness (QED) is 0.769. The first-order valence-electron chi connectivity index (χ1n) is 7.33. The lowest BCUT2D eigenvalue weighted by Crippen LogP contribution is -2.13. The summed E-state index contributed by atoms with van der Waals surface area (Å²) in [4.78, 5) is 11.9. The maximum Gasteiger partial charge on any atom is 0.256 e. The molecule has 2 rings (SSSR count). The van der Waals surface area contributed by atoms with E-state index in [0.29, 0.717) is 17.2 Å². The smallest absolute Gasteiger partial charge is 0.256 e. The number of nitrogens with one attached hydrogen (secondary N) is 2. The second-order valence-corrected chi connectivity index (χ2v) is 4.90. The van der Waals surface area contributed by atoms with Crippen molar-refractivity contribution in [1.29, 1.82) is 0 Å². The van der Waals surface area contributed by atoms with Crippen molar-refractivity contribution in [3.8, 4) is 0 Å². The van der Waals surface area contributed by atoms with Gasteiger partial charge in [0.2, 0.25) is 0 Å². The maximum absolute atomic E-state index is 12.8. The largest absolute Gasteiger partial charge is 0.369 e. The molecule has 5 nitrogen and oxygen atoms in total. The van der Waals surface area contributed by atoms with E-state index >= 15 is 0 Å². The molecular weight excluding hydrogens is 283 g/mol. The summed E-state index contributed by atoms with van der Waals surface area (Å²) < 4.78 is 12.8. The summed E-state index contributed by atoms with van der Waals surface area (Å²) in [7, 11) is 0. The molecule has 2 N–H and O–H groups in total. The topological polar surface area (TPSA) is 66.9 Å². The number of hydrogen-bond acceptors (Lipinski definition) is 4. The molecule has 6 heteroatoms. The highest BCUT2D eigenvalue weighted by molar-refractivity contribution is 6.03. The number of halogens is 1. The van der Waals surface area contributed by atoms with E-state index in [4.69, 9.17) is 0 Å². The number of rotatable bonds is 7. The second kappa shape index (κ2) is 8.07. The van der Waals surface area contributed by atoms with Gasteiger partial charge in [0.25, 0.3) is 5.91 Å². The lowest BCUT2D eigenvalue weighted by Gasteiger charge is -2.06. The van der Waals surface area contributed by atoms with Crippen LogP contribution in [0.5, 0.6) is 0 Å². The number of benzene rings is 1. The Hall–Kier alpha value is -2.50. The summed E-state index contributed by atoms with van der Waals surface area (Å²) in [5.74, 6) is 0.303. The van der Waals surface area contributed by atoms with Crippen molar-refractivity contribution in [2.45, 2.75) is 26.2 Å². The van der Waals surface area contributed by atoms with Crippen LogP contribution in [0.2, 0.25) is 0 Å². The molecule has 1 heterocycles. The van der Waals surface area contributed by atoms with Gasteiger partial charge in [0.1, 0.15) is 11.6 Å². The Kier molecular flexibility index (Phi) is 5.82. The highest BCUT2D eigenvalue weighted by atomic mass is 19.1. The van der Waals surface area contributed by atoms with Gasteiger partial charge in [-0.2, -0.15) is 0 Å². The Morgan fingerprint density at radius 1 is 1.05 bits per heavy atom. The fraction of sp³-hybridized carbons (Fsp3) is 0.312.